The Kier molecular flexibility index (Phi) is 6.01. The number of likely N-dealkylation sites (tertiary alicyclic amines) is 1. The maximum absolute atomic E-state index is 13.9. The summed E-state index contributed by atoms with van der Waals surface area (Å²) in [4.78, 5) is 17.6. The topological polar surface area (TPSA) is 89.3 Å². The highest BCUT2D eigenvalue weighted by molar-refractivity contribution is 5.87. The first-order valence-electron chi connectivity index (χ1n) is 9.50. The zero-order valence-corrected chi connectivity index (χ0v) is 15.6. The third kappa shape index (κ3) is 4.18. The monoisotopic (exact) mass is 390 g/mol. The summed E-state index contributed by atoms with van der Waals surface area (Å²) in [5.74, 6) is -4.18. The van der Waals surface area contributed by atoms with Gasteiger partial charge < -0.3 is 10.0 Å². The van der Waals surface area contributed by atoms with Crippen molar-refractivity contribution in [3.05, 3.63) is 58.0 Å². The van der Waals surface area contributed by atoms with Crippen LogP contribution in [-0.2, 0) is 10.4 Å². The SMILES string of the molecule is [N-]=[N+]=NCC=C1CCN(C(=O)[C@](O)(c2ccccc2)[C@@H]2CCC(F)(F)C2)CC1. The number of carbonyl (C=O) groups is 1. The maximum Gasteiger partial charge on any atom is 0.259 e. The largest absolute Gasteiger partial charge is 0.375 e. The molecule has 1 aromatic rings. The molecule has 1 aliphatic heterocycles. The molecule has 3 rings (SSSR count). The fourth-order valence-corrected chi connectivity index (χ4v) is 4.18. The Morgan fingerprint density at radius 2 is 2.04 bits per heavy atom. The van der Waals surface area contributed by atoms with Gasteiger partial charge in [0.2, 0.25) is 5.92 Å². The van der Waals surface area contributed by atoms with E-state index in [2.05, 4.69) is 10.0 Å². The Morgan fingerprint density at radius 1 is 1.36 bits per heavy atom. The molecule has 1 aromatic carbocycles. The average molecular weight is 390 g/mol. The number of aliphatic hydroxyl groups is 1. The molecule has 0 bridgehead atoms. The Hall–Kier alpha value is -2.44. The van der Waals surface area contributed by atoms with E-state index < -0.39 is 29.8 Å². The molecular weight excluding hydrogens is 366 g/mol. The van der Waals surface area contributed by atoms with Crippen molar-refractivity contribution in [2.24, 2.45) is 11.0 Å². The second-order valence-corrected chi connectivity index (χ2v) is 7.50. The number of halogens is 2. The van der Waals surface area contributed by atoms with Crippen LogP contribution in [0.25, 0.3) is 10.4 Å². The molecule has 0 unspecified atom stereocenters. The number of nitrogens with zero attached hydrogens (tertiary/aromatic N) is 4. The minimum Gasteiger partial charge on any atom is -0.375 e. The van der Waals surface area contributed by atoms with Crippen molar-refractivity contribution in [3.8, 4) is 0 Å². The minimum atomic E-state index is -2.85. The van der Waals surface area contributed by atoms with Gasteiger partial charge in [-0.3, -0.25) is 4.79 Å². The lowest BCUT2D eigenvalue weighted by atomic mass is 9.78. The zero-order valence-electron chi connectivity index (χ0n) is 15.6. The van der Waals surface area contributed by atoms with E-state index >= 15 is 0 Å². The van der Waals surface area contributed by atoms with E-state index in [9.17, 15) is 18.7 Å². The van der Waals surface area contributed by atoms with Gasteiger partial charge in [-0.05, 0) is 30.4 Å². The van der Waals surface area contributed by atoms with E-state index in [-0.39, 0.29) is 19.4 Å². The molecule has 1 saturated carbocycles. The van der Waals surface area contributed by atoms with Crippen molar-refractivity contribution < 1.29 is 18.7 Å². The summed E-state index contributed by atoms with van der Waals surface area (Å²) in [6.45, 7) is 1.07. The quantitative estimate of drug-likeness (QED) is 0.354. The van der Waals surface area contributed by atoms with Crippen LogP contribution in [0, 0.1) is 5.92 Å². The number of piperidine rings is 1. The average Bonchev–Trinajstić information content (AvgIpc) is 3.08. The van der Waals surface area contributed by atoms with Crippen molar-refractivity contribution in [2.75, 3.05) is 19.6 Å². The van der Waals surface area contributed by atoms with Gasteiger partial charge in [-0.2, -0.15) is 0 Å². The highest BCUT2D eigenvalue weighted by Gasteiger charge is 2.54. The molecule has 28 heavy (non-hydrogen) atoms. The van der Waals surface area contributed by atoms with Crippen LogP contribution in [0.5, 0.6) is 0 Å². The summed E-state index contributed by atoms with van der Waals surface area (Å²) in [7, 11) is 0. The highest BCUT2D eigenvalue weighted by Crippen LogP contribution is 2.48. The van der Waals surface area contributed by atoms with Crippen molar-refractivity contribution in [1.82, 2.24) is 4.90 Å². The van der Waals surface area contributed by atoms with Gasteiger partial charge in [0.25, 0.3) is 5.91 Å². The smallest absolute Gasteiger partial charge is 0.259 e. The minimum absolute atomic E-state index is 0.106. The summed E-state index contributed by atoms with van der Waals surface area (Å²) in [6, 6.07) is 8.42. The maximum atomic E-state index is 13.9. The van der Waals surface area contributed by atoms with Gasteiger partial charge in [0.05, 0.1) is 0 Å². The number of hydrogen-bond acceptors (Lipinski definition) is 3. The fourth-order valence-electron chi connectivity index (χ4n) is 4.18. The molecule has 1 aliphatic carbocycles. The molecule has 1 N–H and O–H groups in total. The number of azide groups is 1. The van der Waals surface area contributed by atoms with Crippen LogP contribution in [0.15, 0.2) is 47.1 Å². The van der Waals surface area contributed by atoms with Crippen LogP contribution >= 0.6 is 0 Å². The number of alkyl halides is 2. The van der Waals surface area contributed by atoms with Crippen molar-refractivity contribution in [1.29, 1.82) is 0 Å². The van der Waals surface area contributed by atoms with E-state index in [0.29, 0.717) is 31.5 Å². The second-order valence-electron chi connectivity index (χ2n) is 7.50. The summed E-state index contributed by atoms with van der Waals surface area (Å²) in [5.41, 5.74) is 7.85. The molecule has 0 spiro atoms. The lowest BCUT2D eigenvalue weighted by Crippen LogP contribution is -2.52. The first kappa shape index (κ1) is 20.3. The Morgan fingerprint density at radius 3 is 2.61 bits per heavy atom. The standard InChI is InChI=1S/C20H24F2N4O2/c21-19(22)10-6-17(14-19)20(28,16-4-2-1-3-5-16)18(27)26-12-8-15(9-13-26)7-11-24-25-23/h1-5,7,17,28H,6,8-14H2/t17-,20+/m1/s1. The lowest BCUT2D eigenvalue weighted by Gasteiger charge is -2.39. The third-order valence-electron chi connectivity index (χ3n) is 5.75. The number of rotatable bonds is 5. The van der Waals surface area contributed by atoms with Crippen molar-refractivity contribution >= 4 is 5.91 Å². The van der Waals surface area contributed by atoms with Crippen molar-refractivity contribution in [3.63, 3.8) is 0 Å². The van der Waals surface area contributed by atoms with Gasteiger partial charge in [-0.1, -0.05) is 47.1 Å². The number of amides is 1. The number of carbonyl (C=O) groups excluding carboxylic acids is 1. The van der Waals surface area contributed by atoms with Gasteiger partial charge in [0.15, 0.2) is 5.60 Å². The summed E-state index contributed by atoms with van der Waals surface area (Å²) in [5, 5.41) is 15.0. The highest BCUT2D eigenvalue weighted by atomic mass is 19.3. The molecule has 6 nitrogen and oxygen atoms in total. The van der Waals surface area contributed by atoms with Crippen LogP contribution in [0.2, 0.25) is 0 Å². The normalized spacial score (nSPS) is 23.6. The molecule has 0 radical (unpaired) electrons. The van der Waals surface area contributed by atoms with Gasteiger partial charge in [-0.15, -0.1) is 0 Å². The predicted molar refractivity (Wildman–Crippen MR) is 101 cm³/mol. The van der Waals surface area contributed by atoms with Crippen LogP contribution in [0.4, 0.5) is 8.78 Å². The van der Waals surface area contributed by atoms with E-state index in [1.165, 1.54) is 0 Å². The van der Waals surface area contributed by atoms with E-state index in [0.717, 1.165) is 5.57 Å². The molecule has 8 heteroatoms. The molecule has 0 aromatic heterocycles. The number of hydrogen-bond donors (Lipinski definition) is 1. The molecule has 2 atom stereocenters. The predicted octanol–water partition coefficient (Wildman–Crippen LogP) is 4.17. The van der Waals surface area contributed by atoms with Crippen LogP contribution in [0.3, 0.4) is 0 Å². The summed E-state index contributed by atoms with van der Waals surface area (Å²) < 4.78 is 27.7. The first-order chi connectivity index (χ1) is 13.4. The Labute approximate surface area is 162 Å². The van der Waals surface area contributed by atoms with Gasteiger partial charge in [-0.25, -0.2) is 8.78 Å². The molecule has 1 amide bonds. The Bertz CT molecular complexity index is 783. The molecule has 1 saturated heterocycles. The van der Waals surface area contributed by atoms with Gasteiger partial charge in [0, 0.05) is 43.3 Å². The lowest BCUT2D eigenvalue weighted by molar-refractivity contribution is -0.161. The first-order valence-corrected chi connectivity index (χ1v) is 9.50. The second kappa shape index (κ2) is 8.29. The Balaban J connectivity index is 1.81. The van der Waals surface area contributed by atoms with Crippen LogP contribution in [-0.4, -0.2) is 41.5 Å². The fraction of sp³-hybridized carbons (Fsp3) is 0.550. The van der Waals surface area contributed by atoms with Crippen LogP contribution in [0.1, 0.15) is 37.7 Å². The van der Waals surface area contributed by atoms with E-state index in [4.69, 9.17) is 5.53 Å². The molecule has 2 fully saturated rings. The van der Waals surface area contributed by atoms with Crippen molar-refractivity contribution in [2.45, 2.75) is 43.6 Å². The van der Waals surface area contributed by atoms with Crippen LogP contribution < -0.4 is 0 Å². The van der Waals surface area contributed by atoms with Gasteiger partial charge >= 0.3 is 0 Å². The summed E-state index contributed by atoms with van der Waals surface area (Å²) >= 11 is 0. The molecule has 2 aliphatic rings. The van der Waals surface area contributed by atoms with E-state index in [1.807, 2.05) is 6.08 Å². The number of benzene rings is 1. The van der Waals surface area contributed by atoms with E-state index in [1.54, 1.807) is 35.2 Å². The van der Waals surface area contributed by atoms with Gasteiger partial charge in [0.1, 0.15) is 0 Å². The molecule has 1 heterocycles. The molecule has 150 valence electrons. The summed E-state index contributed by atoms with van der Waals surface area (Å²) in [6.07, 6.45) is 2.37. The molecular formula is C20H24F2N4O2. The third-order valence-corrected chi connectivity index (χ3v) is 5.75. The zero-order chi connectivity index (χ0) is 20.2.